The zero-order valence-corrected chi connectivity index (χ0v) is 16.7. The zero-order valence-electron chi connectivity index (χ0n) is 15.9. The minimum absolute atomic E-state index is 0.0901. The van der Waals surface area contributed by atoms with Gasteiger partial charge in [-0.05, 0) is 31.7 Å². The van der Waals surface area contributed by atoms with E-state index in [4.69, 9.17) is 19.1 Å². The van der Waals surface area contributed by atoms with Crippen LogP contribution in [0.4, 0.5) is 9.80 Å². The Labute approximate surface area is 173 Å². The molecule has 0 atom stereocenters. The molecule has 1 saturated carbocycles. The first kappa shape index (κ1) is 18.8. The highest BCUT2D eigenvalue weighted by molar-refractivity contribution is 7.17. The van der Waals surface area contributed by atoms with E-state index in [1.165, 1.54) is 18.3 Å². The van der Waals surface area contributed by atoms with E-state index in [0.717, 1.165) is 23.3 Å². The average Bonchev–Trinajstić information content (AvgIpc) is 3.18. The summed E-state index contributed by atoms with van der Waals surface area (Å²) in [7, 11) is 0. The molecule has 1 aliphatic heterocycles. The summed E-state index contributed by atoms with van der Waals surface area (Å²) in [6, 6.07) is 0. The van der Waals surface area contributed by atoms with Gasteiger partial charge >= 0.3 is 6.16 Å². The van der Waals surface area contributed by atoms with Gasteiger partial charge in [0.1, 0.15) is 10.7 Å². The topological polar surface area (TPSA) is 152 Å². The third-order valence-corrected chi connectivity index (χ3v) is 6.07. The van der Waals surface area contributed by atoms with Crippen molar-refractivity contribution in [3.63, 3.8) is 0 Å². The summed E-state index contributed by atoms with van der Waals surface area (Å²) < 4.78 is 15.8. The van der Waals surface area contributed by atoms with Crippen molar-refractivity contribution < 1.29 is 28.7 Å². The smallest absolute Gasteiger partial charge is 0.449 e. The van der Waals surface area contributed by atoms with Crippen molar-refractivity contribution in [2.75, 3.05) is 11.9 Å². The van der Waals surface area contributed by atoms with Gasteiger partial charge in [-0.2, -0.15) is 10.1 Å². The van der Waals surface area contributed by atoms with Gasteiger partial charge in [-0.25, -0.2) is 4.79 Å². The van der Waals surface area contributed by atoms with Crippen LogP contribution < -0.4 is 10.1 Å². The van der Waals surface area contributed by atoms with Crippen LogP contribution in [0.1, 0.15) is 51.2 Å². The Bertz CT molecular complexity index is 1140. The number of nitrogens with zero attached hydrogens (tertiary/aromatic N) is 3. The number of ether oxygens (including phenoxy) is 2. The average molecular weight is 431 g/mol. The molecule has 1 amide bonds. The number of hydrogen-bond donors (Lipinski definition) is 3. The monoisotopic (exact) mass is 431 g/mol. The van der Waals surface area contributed by atoms with Gasteiger partial charge in [0.05, 0.1) is 18.8 Å². The summed E-state index contributed by atoms with van der Waals surface area (Å²) in [5.74, 6) is 0.640. The van der Waals surface area contributed by atoms with Crippen LogP contribution in [0.2, 0.25) is 0 Å². The fourth-order valence-electron chi connectivity index (χ4n) is 3.34. The number of nitrogens with one attached hydrogen (secondary N) is 2. The minimum atomic E-state index is -1.53. The number of aryl methyl sites for hydroxylation is 1. The van der Waals surface area contributed by atoms with Crippen LogP contribution in [0.5, 0.6) is 5.75 Å². The van der Waals surface area contributed by atoms with E-state index in [9.17, 15) is 9.59 Å². The first-order chi connectivity index (χ1) is 14.5. The van der Waals surface area contributed by atoms with Crippen LogP contribution in [0.25, 0.3) is 11.5 Å². The standard InChI is InChI=1S/C18H17N5O6S/c1-7-13(28-18(25)26)12(22-21-7)15(24)20-17-11(9-4-5-27-6-10(9)30-17)16-19-14(23-29-16)8-2-3-8/h8H,2-6H2,1H3,(H,20,24)(H,21,22)(H,25,26). The lowest BCUT2D eigenvalue weighted by molar-refractivity contribution is 0.101. The van der Waals surface area contributed by atoms with Crippen LogP contribution >= 0.6 is 11.3 Å². The summed E-state index contributed by atoms with van der Waals surface area (Å²) in [5.41, 5.74) is 1.86. The van der Waals surface area contributed by atoms with Gasteiger partial charge in [-0.15, -0.1) is 11.3 Å². The maximum absolute atomic E-state index is 12.9. The Balaban J connectivity index is 1.51. The number of carboxylic acid groups (broad SMARTS) is 1. The van der Waals surface area contributed by atoms with E-state index >= 15 is 0 Å². The fraction of sp³-hybridized carbons (Fsp3) is 0.389. The zero-order chi connectivity index (χ0) is 20.8. The van der Waals surface area contributed by atoms with Crippen molar-refractivity contribution in [2.45, 2.75) is 38.7 Å². The molecule has 3 aromatic rings. The number of thiophene rings is 1. The number of aromatic amines is 1. The molecule has 0 aromatic carbocycles. The Kier molecular flexibility index (Phi) is 4.51. The lowest BCUT2D eigenvalue weighted by Gasteiger charge is -2.12. The second-order valence-corrected chi connectivity index (χ2v) is 8.18. The van der Waals surface area contributed by atoms with Gasteiger partial charge in [0.15, 0.2) is 17.3 Å². The van der Waals surface area contributed by atoms with Crippen LogP contribution in [0, 0.1) is 6.92 Å². The molecule has 0 saturated heterocycles. The van der Waals surface area contributed by atoms with Crippen molar-refractivity contribution >= 4 is 28.4 Å². The number of amides is 1. The van der Waals surface area contributed by atoms with E-state index in [-0.39, 0.29) is 17.1 Å². The predicted molar refractivity (Wildman–Crippen MR) is 103 cm³/mol. The Morgan fingerprint density at radius 2 is 2.20 bits per heavy atom. The molecule has 11 nitrogen and oxygen atoms in total. The maximum atomic E-state index is 12.9. The molecule has 0 spiro atoms. The molecule has 5 rings (SSSR count). The van der Waals surface area contributed by atoms with Gasteiger partial charge in [0.2, 0.25) is 0 Å². The van der Waals surface area contributed by atoms with E-state index < -0.39 is 12.1 Å². The molecule has 156 valence electrons. The van der Waals surface area contributed by atoms with Crippen LogP contribution in [-0.2, 0) is 17.8 Å². The number of aromatic nitrogens is 4. The lowest BCUT2D eigenvalue weighted by Crippen LogP contribution is -2.15. The van der Waals surface area contributed by atoms with Crippen molar-refractivity contribution in [1.82, 2.24) is 20.3 Å². The molecule has 1 fully saturated rings. The van der Waals surface area contributed by atoms with Gasteiger partial charge in [0, 0.05) is 10.8 Å². The van der Waals surface area contributed by atoms with Crippen LogP contribution in [0.15, 0.2) is 4.52 Å². The predicted octanol–water partition coefficient (Wildman–Crippen LogP) is 3.09. The van der Waals surface area contributed by atoms with Gasteiger partial charge in [-0.1, -0.05) is 5.16 Å². The SMILES string of the molecule is Cc1n[nH]c(C(=O)Nc2sc3c(c2-c2nc(C4CC4)no2)CCOC3)c1OC(=O)O. The quantitative estimate of drug-likeness (QED) is 0.517. The van der Waals surface area contributed by atoms with Gasteiger partial charge in [0.25, 0.3) is 11.8 Å². The Morgan fingerprint density at radius 3 is 2.97 bits per heavy atom. The molecule has 12 heteroatoms. The number of hydrogen-bond acceptors (Lipinski definition) is 9. The fourth-order valence-corrected chi connectivity index (χ4v) is 4.52. The van der Waals surface area contributed by atoms with E-state index in [2.05, 4.69) is 25.7 Å². The van der Waals surface area contributed by atoms with Crippen molar-refractivity contribution in [2.24, 2.45) is 0 Å². The second-order valence-electron chi connectivity index (χ2n) is 7.08. The molecule has 30 heavy (non-hydrogen) atoms. The summed E-state index contributed by atoms with van der Waals surface area (Å²) in [5, 5.41) is 22.8. The Morgan fingerprint density at radius 1 is 1.37 bits per heavy atom. The summed E-state index contributed by atoms with van der Waals surface area (Å²) in [6.45, 7) is 2.53. The number of rotatable bonds is 5. The molecule has 0 radical (unpaired) electrons. The first-order valence-electron chi connectivity index (χ1n) is 9.34. The molecule has 0 unspecified atom stereocenters. The molecule has 3 aromatic heterocycles. The number of anilines is 1. The molecule has 1 aliphatic carbocycles. The molecule has 2 aliphatic rings. The van der Waals surface area contributed by atoms with E-state index in [1.807, 2.05) is 0 Å². The number of carbonyl (C=O) groups excluding carboxylic acids is 1. The highest BCUT2D eigenvalue weighted by atomic mass is 32.1. The third-order valence-electron chi connectivity index (χ3n) is 4.95. The summed E-state index contributed by atoms with van der Waals surface area (Å²) in [6.07, 6.45) is 1.22. The first-order valence-corrected chi connectivity index (χ1v) is 10.2. The Hall–Kier alpha value is -3.25. The largest absolute Gasteiger partial charge is 0.511 e. The minimum Gasteiger partial charge on any atom is -0.449 e. The van der Waals surface area contributed by atoms with Crippen molar-refractivity contribution in [1.29, 1.82) is 0 Å². The number of fused-ring (bicyclic) bond motifs is 1. The van der Waals surface area contributed by atoms with Gasteiger partial charge < -0.3 is 24.4 Å². The van der Waals surface area contributed by atoms with Crippen LogP contribution in [0.3, 0.4) is 0 Å². The number of H-pyrrole nitrogens is 1. The normalized spacial score (nSPS) is 15.6. The van der Waals surface area contributed by atoms with Crippen molar-refractivity contribution in [3.8, 4) is 17.2 Å². The van der Waals surface area contributed by atoms with E-state index in [0.29, 0.717) is 47.8 Å². The third kappa shape index (κ3) is 3.33. The number of carbonyl (C=O) groups is 2. The molecule has 4 heterocycles. The lowest BCUT2D eigenvalue weighted by atomic mass is 10.1. The van der Waals surface area contributed by atoms with Crippen molar-refractivity contribution in [3.05, 3.63) is 27.7 Å². The van der Waals surface area contributed by atoms with E-state index in [1.54, 1.807) is 0 Å². The highest BCUT2D eigenvalue weighted by Crippen LogP contribution is 2.44. The highest BCUT2D eigenvalue weighted by Gasteiger charge is 2.32. The summed E-state index contributed by atoms with van der Waals surface area (Å²) in [4.78, 5) is 29.4. The molecular formula is C18H17N5O6S. The second kappa shape index (κ2) is 7.22. The maximum Gasteiger partial charge on any atom is 0.511 e. The summed E-state index contributed by atoms with van der Waals surface area (Å²) >= 11 is 1.36. The van der Waals surface area contributed by atoms with Gasteiger partial charge in [-0.3, -0.25) is 9.89 Å². The molecular weight excluding hydrogens is 414 g/mol. The van der Waals surface area contributed by atoms with Crippen LogP contribution in [-0.4, -0.2) is 44.1 Å². The molecule has 3 N–H and O–H groups in total. The molecule has 0 bridgehead atoms.